The van der Waals surface area contributed by atoms with Gasteiger partial charge in [-0.15, -0.1) is 11.3 Å². The molecule has 2 heterocycles. The van der Waals surface area contributed by atoms with Crippen LogP contribution in [0.4, 0.5) is 0 Å². The highest BCUT2D eigenvalue weighted by atomic mass is 32.1. The average Bonchev–Trinajstić information content (AvgIpc) is 3.24. The SMILES string of the molecule is CC1CN(Cc2nc3ccccc3s2)C(C)(C2CC2)CN1. The molecule has 2 unspecified atom stereocenters. The minimum Gasteiger partial charge on any atom is -0.311 e. The van der Waals surface area contributed by atoms with E-state index in [1.54, 1.807) is 0 Å². The van der Waals surface area contributed by atoms with Gasteiger partial charge in [0.2, 0.25) is 0 Å². The number of rotatable bonds is 3. The molecule has 1 saturated heterocycles. The summed E-state index contributed by atoms with van der Waals surface area (Å²) in [6.07, 6.45) is 2.78. The van der Waals surface area contributed by atoms with Gasteiger partial charge >= 0.3 is 0 Å². The maximum absolute atomic E-state index is 4.83. The van der Waals surface area contributed by atoms with Crippen molar-refractivity contribution in [3.05, 3.63) is 29.3 Å². The van der Waals surface area contributed by atoms with Crippen LogP contribution in [0.15, 0.2) is 24.3 Å². The summed E-state index contributed by atoms with van der Waals surface area (Å²) in [4.78, 5) is 7.52. The molecule has 2 atom stereocenters. The normalized spacial score (nSPS) is 30.9. The number of nitrogens with one attached hydrogen (secondary N) is 1. The predicted molar refractivity (Wildman–Crippen MR) is 88.6 cm³/mol. The summed E-state index contributed by atoms with van der Waals surface area (Å²) in [5.41, 5.74) is 1.46. The second kappa shape index (κ2) is 5.04. The van der Waals surface area contributed by atoms with Gasteiger partial charge in [-0.2, -0.15) is 0 Å². The van der Waals surface area contributed by atoms with Crippen molar-refractivity contribution in [2.75, 3.05) is 13.1 Å². The van der Waals surface area contributed by atoms with Gasteiger partial charge < -0.3 is 5.32 Å². The van der Waals surface area contributed by atoms with Crippen LogP contribution in [-0.4, -0.2) is 34.6 Å². The number of piperazine rings is 1. The number of aromatic nitrogens is 1. The molecule has 2 fully saturated rings. The van der Waals surface area contributed by atoms with E-state index in [1.807, 2.05) is 11.3 Å². The maximum Gasteiger partial charge on any atom is 0.108 e. The lowest BCUT2D eigenvalue weighted by atomic mass is 9.90. The highest BCUT2D eigenvalue weighted by Gasteiger charge is 2.47. The van der Waals surface area contributed by atoms with E-state index in [9.17, 15) is 0 Å². The molecule has 21 heavy (non-hydrogen) atoms. The summed E-state index contributed by atoms with van der Waals surface area (Å²) in [6, 6.07) is 9.05. The van der Waals surface area contributed by atoms with Crippen LogP contribution in [0.3, 0.4) is 0 Å². The Balaban J connectivity index is 1.60. The average molecular weight is 301 g/mol. The second-order valence-corrected chi connectivity index (χ2v) is 7.98. The van der Waals surface area contributed by atoms with Crippen LogP contribution in [0.2, 0.25) is 0 Å². The van der Waals surface area contributed by atoms with E-state index < -0.39 is 0 Å². The van der Waals surface area contributed by atoms with Crippen LogP contribution in [0.25, 0.3) is 10.2 Å². The summed E-state index contributed by atoms with van der Waals surface area (Å²) in [5.74, 6) is 0.867. The fourth-order valence-corrected chi connectivity index (χ4v) is 4.58. The molecule has 2 aliphatic rings. The molecule has 1 N–H and O–H groups in total. The first-order chi connectivity index (χ1) is 10.1. The number of para-hydroxylation sites is 1. The van der Waals surface area contributed by atoms with Crippen molar-refractivity contribution in [2.45, 2.75) is 44.8 Å². The molecule has 3 nitrogen and oxygen atoms in total. The van der Waals surface area contributed by atoms with Gasteiger partial charge in [-0.3, -0.25) is 4.90 Å². The Kier molecular flexibility index (Phi) is 3.28. The van der Waals surface area contributed by atoms with E-state index in [-0.39, 0.29) is 0 Å². The van der Waals surface area contributed by atoms with Gasteiger partial charge in [0.25, 0.3) is 0 Å². The Labute approximate surface area is 130 Å². The lowest BCUT2D eigenvalue weighted by Gasteiger charge is -2.47. The zero-order valence-electron chi connectivity index (χ0n) is 12.8. The van der Waals surface area contributed by atoms with Crippen LogP contribution >= 0.6 is 11.3 Å². The standard InChI is InChI=1S/C17H23N3S/c1-12-9-20(17(2,11-18-12)13-7-8-13)10-16-19-14-5-3-4-6-15(14)21-16/h3-6,12-13,18H,7-11H2,1-2H3. The van der Waals surface area contributed by atoms with Gasteiger partial charge in [-0.1, -0.05) is 12.1 Å². The summed E-state index contributed by atoms with van der Waals surface area (Å²) >= 11 is 1.85. The maximum atomic E-state index is 4.83. The van der Waals surface area contributed by atoms with Crippen molar-refractivity contribution in [1.29, 1.82) is 0 Å². The Hall–Kier alpha value is -0.970. The molecule has 112 valence electrons. The topological polar surface area (TPSA) is 28.2 Å². The highest BCUT2D eigenvalue weighted by Crippen LogP contribution is 2.44. The zero-order valence-corrected chi connectivity index (χ0v) is 13.6. The molecule has 2 aromatic rings. The molecular weight excluding hydrogens is 278 g/mol. The zero-order chi connectivity index (χ0) is 14.4. The molecule has 0 amide bonds. The molecular formula is C17H23N3S. The third-order valence-electron chi connectivity index (χ3n) is 5.15. The quantitative estimate of drug-likeness (QED) is 0.943. The van der Waals surface area contributed by atoms with Gasteiger partial charge in [0, 0.05) is 24.7 Å². The number of benzene rings is 1. The molecule has 0 bridgehead atoms. The number of hydrogen-bond donors (Lipinski definition) is 1. The van der Waals surface area contributed by atoms with E-state index in [1.165, 1.54) is 22.5 Å². The number of nitrogens with zero attached hydrogens (tertiary/aromatic N) is 2. The van der Waals surface area contributed by atoms with Crippen LogP contribution in [0.1, 0.15) is 31.7 Å². The first-order valence-electron chi connectivity index (χ1n) is 7.98. The Bertz CT molecular complexity index is 615. The third-order valence-corrected chi connectivity index (χ3v) is 6.17. The fraction of sp³-hybridized carbons (Fsp3) is 0.588. The summed E-state index contributed by atoms with van der Waals surface area (Å²) in [7, 11) is 0. The fourth-order valence-electron chi connectivity index (χ4n) is 3.60. The van der Waals surface area contributed by atoms with Crippen molar-refractivity contribution in [1.82, 2.24) is 15.2 Å². The lowest BCUT2D eigenvalue weighted by Crippen LogP contribution is -2.63. The van der Waals surface area contributed by atoms with Crippen molar-refractivity contribution < 1.29 is 0 Å². The molecule has 4 heteroatoms. The first kappa shape index (κ1) is 13.7. The van der Waals surface area contributed by atoms with E-state index in [2.05, 4.69) is 48.3 Å². The Morgan fingerprint density at radius 3 is 2.95 bits per heavy atom. The summed E-state index contributed by atoms with van der Waals surface area (Å²) in [5, 5.41) is 4.94. The minimum absolute atomic E-state index is 0.310. The molecule has 1 aliphatic heterocycles. The molecule has 1 aromatic heterocycles. The monoisotopic (exact) mass is 301 g/mol. The Morgan fingerprint density at radius 1 is 1.38 bits per heavy atom. The van der Waals surface area contributed by atoms with E-state index >= 15 is 0 Å². The highest BCUT2D eigenvalue weighted by molar-refractivity contribution is 7.18. The van der Waals surface area contributed by atoms with Gasteiger partial charge in [0.1, 0.15) is 5.01 Å². The van der Waals surface area contributed by atoms with Crippen molar-refractivity contribution in [3.8, 4) is 0 Å². The van der Waals surface area contributed by atoms with Gasteiger partial charge in [0.05, 0.1) is 16.8 Å². The molecule has 1 aromatic carbocycles. The number of fused-ring (bicyclic) bond motifs is 1. The van der Waals surface area contributed by atoms with Crippen LogP contribution in [0, 0.1) is 5.92 Å². The van der Waals surface area contributed by atoms with Crippen molar-refractivity contribution in [2.24, 2.45) is 5.92 Å². The minimum atomic E-state index is 0.310. The third kappa shape index (κ3) is 2.50. The first-order valence-corrected chi connectivity index (χ1v) is 8.80. The smallest absolute Gasteiger partial charge is 0.108 e. The van der Waals surface area contributed by atoms with Crippen LogP contribution < -0.4 is 5.32 Å². The predicted octanol–water partition coefficient (Wildman–Crippen LogP) is 3.26. The molecule has 0 spiro atoms. The number of hydrogen-bond acceptors (Lipinski definition) is 4. The largest absolute Gasteiger partial charge is 0.311 e. The molecule has 1 aliphatic carbocycles. The lowest BCUT2D eigenvalue weighted by molar-refractivity contribution is 0.0312. The van der Waals surface area contributed by atoms with Gasteiger partial charge in [0.15, 0.2) is 0 Å². The molecule has 1 saturated carbocycles. The van der Waals surface area contributed by atoms with Crippen LogP contribution in [-0.2, 0) is 6.54 Å². The Morgan fingerprint density at radius 2 is 2.19 bits per heavy atom. The van der Waals surface area contributed by atoms with Gasteiger partial charge in [-0.25, -0.2) is 4.98 Å². The van der Waals surface area contributed by atoms with E-state index in [0.29, 0.717) is 11.6 Å². The summed E-state index contributed by atoms with van der Waals surface area (Å²) < 4.78 is 1.31. The second-order valence-electron chi connectivity index (χ2n) is 6.87. The summed E-state index contributed by atoms with van der Waals surface area (Å²) in [6.45, 7) is 7.97. The molecule has 4 rings (SSSR count). The van der Waals surface area contributed by atoms with E-state index in [4.69, 9.17) is 4.98 Å². The van der Waals surface area contributed by atoms with E-state index in [0.717, 1.165) is 31.1 Å². The molecule has 0 radical (unpaired) electrons. The van der Waals surface area contributed by atoms with Gasteiger partial charge in [-0.05, 0) is 44.7 Å². The van der Waals surface area contributed by atoms with Crippen LogP contribution in [0.5, 0.6) is 0 Å². The van der Waals surface area contributed by atoms with Crippen molar-refractivity contribution >= 4 is 21.6 Å². The number of thiazole rings is 1. The van der Waals surface area contributed by atoms with Crippen molar-refractivity contribution in [3.63, 3.8) is 0 Å².